The number of carbonyl (C=O) groups is 1. The number of sulfonamides is 1. The summed E-state index contributed by atoms with van der Waals surface area (Å²) in [5, 5.41) is 11.0. The molecule has 1 heterocycles. The Morgan fingerprint density at radius 2 is 2.00 bits per heavy atom. The number of methoxy groups -OCH3 is 1. The minimum atomic E-state index is -3.80. The Morgan fingerprint density at radius 3 is 2.53 bits per heavy atom. The number of benzene rings is 1. The van der Waals surface area contributed by atoms with Gasteiger partial charge >= 0.3 is 0 Å². The number of ether oxygens (including phenoxy) is 1. The minimum Gasteiger partial charge on any atom is -0.548 e. The third kappa shape index (κ3) is 2.57. The summed E-state index contributed by atoms with van der Waals surface area (Å²) in [6.45, 7) is 0.201. The molecule has 1 unspecified atom stereocenters. The molecule has 0 bridgehead atoms. The van der Waals surface area contributed by atoms with Gasteiger partial charge in [-0.1, -0.05) is 0 Å². The molecule has 1 aliphatic heterocycles. The molecule has 1 saturated heterocycles. The van der Waals surface area contributed by atoms with Crippen molar-refractivity contribution in [3.63, 3.8) is 0 Å². The van der Waals surface area contributed by atoms with E-state index in [9.17, 15) is 18.3 Å². The maximum absolute atomic E-state index is 12.3. The molecule has 104 valence electrons. The largest absolute Gasteiger partial charge is 0.548 e. The monoisotopic (exact) mass is 284 g/mol. The summed E-state index contributed by atoms with van der Waals surface area (Å²) < 4.78 is 30.6. The van der Waals surface area contributed by atoms with E-state index in [4.69, 9.17) is 4.74 Å². The highest BCUT2D eigenvalue weighted by atomic mass is 32.2. The maximum Gasteiger partial charge on any atom is 0.243 e. The Bertz CT molecular complexity index is 566. The van der Waals surface area contributed by atoms with Crippen LogP contribution >= 0.6 is 0 Å². The first-order valence-corrected chi connectivity index (χ1v) is 7.27. The molecule has 6 nitrogen and oxygen atoms in total. The van der Waals surface area contributed by atoms with Crippen LogP contribution in [0.3, 0.4) is 0 Å². The van der Waals surface area contributed by atoms with Crippen LogP contribution in [0.4, 0.5) is 0 Å². The van der Waals surface area contributed by atoms with Crippen molar-refractivity contribution in [1.29, 1.82) is 0 Å². The number of rotatable bonds is 4. The molecule has 0 N–H and O–H groups in total. The predicted octanol–water partition coefficient (Wildman–Crippen LogP) is -0.402. The van der Waals surface area contributed by atoms with Crippen molar-refractivity contribution in [2.45, 2.75) is 23.8 Å². The van der Waals surface area contributed by atoms with Gasteiger partial charge in [0, 0.05) is 6.54 Å². The highest BCUT2D eigenvalue weighted by Gasteiger charge is 2.35. The molecule has 2 rings (SSSR count). The van der Waals surface area contributed by atoms with E-state index < -0.39 is 22.0 Å². The lowest BCUT2D eigenvalue weighted by Gasteiger charge is -2.24. The molecule has 1 fully saturated rings. The van der Waals surface area contributed by atoms with Crippen molar-refractivity contribution in [1.82, 2.24) is 4.31 Å². The van der Waals surface area contributed by atoms with Crippen LogP contribution in [0.2, 0.25) is 0 Å². The van der Waals surface area contributed by atoms with Gasteiger partial charge in [0.1, 0.15) is 5.75 Å². The van der Waals surface area contributed by atoms with E-state index >= 15 is 0 Å². The van der Waals surface area contributed by atoms with Crippen LogP contribution in [0.5, 0.6) is 5.75 Å². The van der Waals surface area contributed by atoms with Crippen LogP contribution in [0.25, 0.3) is 0 Å². The Balaban J connectivity index is 2.33. The fourth-order valence-corrected chi connectivity index (χ4v) is 3.79. The first-order valence-electron chi connectivity index (χ1n) is 5.83. The number of hydrogen-bond donors (Lipinski definition) is 0. The third-order valence-electron chi connectivity index (χ3n) is 3.14. The number of carbonyl (C=O) groups excluding carboxylic acids is 1. The number of carboxylic acids is 1. The fourth-order valence-electron chi connectivity index (χ4n) is 2.15. The standard InChI is InChI=1S/C12H15NO5S/c1-18-9-4-6-10(7-5-9)19(16,17)13-8-2-3-11(13)12(14)15/h4-7,11H,2-3,8H2,1H3,(H,14,15)/p-1. The topological polar surface area (TPSA) is 86.7 Å². The lowest BCUT2D eigenvalue weighted by Crippen LogP contribution is -2.46. The normalized spacial score (nSPS) is 20.4. The van der Waals surface area contributed by atoms with Gasteiger partial charge < -0.3 is 14.6 Å². The van der Waals surface area contributed by atoms with Crippen LogP contribution in [-0.4, -0.2) is 38.4 Å². The second kappa shape index (κ2) is 5.18. The van der Waals surface area contributed by atoms with Gasteiger partial charge in [0.05, 0.1) is 24.0 Å². The average Bonchev–Trinajstić information content (AvgIpc) is 2.89. The van der Waals surface area contributed by atoms with Crippen LogP contribution in [0.15, 0.2) is 29.2 Å². The molecule has 1 aromatic carbocycles. The molecule has 7 heteroatoms. The van der Waals surface area contributed by atoms with Gasteiger partial charge in [-0.2, -0.15) is 4.31 Å². The van der Waals surface area contributed by atoms with Gasteiger partial charge in [-0.05, 0) is 37.1 Å². The number of carboxylic acid groups (broad SMARTS) is 1. The second-order valence-electron chi connectivity index (χ2n) is 4.27. The summed E-state index contributed by atoms with van der Waals surface area (Å²) in [5.41, 5.74) is 0. The van der Waals surface area contributed by atoms with Crippen molar-refractivity contribution in [2.75, 3.05) is 13.7 Å². The average molecular weight is 284 g/mol. The summed E-state index contributed by atoms with van der Waals surface area (Å²) in [5.74, 6) is -0.814. The number of aliphatic carboxylic acids is 1. The van der Waals surface area contributed by atoms with Crippen LogP contribution in [-0.2, 0) is 14.8 Å². The number of hydrogen-bond acceptors (Lipinski definition) is 5. The van der Waals surface area contributed by atoms with E-state index in [1.807, 2.05) is 0 Å². The first-order chi connectivity index (χ1) is 8.96. The summed E-state index contributed by atoms with van der Waals surface area (Å²) in [4.78, 5) is 11.0. The molecule has 0 amide bonds. The summed E-state index contributed by atoms with van der Waals surface area (Å²) in [6.07, 6.45) is 0.811. The van der Waals surface area contributed by atoms with E-state index in [1.54, 1.807) is 0 Å². The SMILES string of the molecule is COc1ccc(S(=O)(=O)N2CCCC2C(=O)[O-])cc1. The van der Waals surface area contributed by atoms with E-state index in [0.29, 0.717) is 12.2 Å². The molecule has 0 aliphatic carbocycles. The van der Waals surface area contributed by atoms with E-state index in [-0.39, 0.29) is 17.9 Å². The van der Waals surface area contributed by atoms with Gasteiger partial charge in [0.25, 0.3) is 0 Å². The molecule has 1 aromatic rings. The van der Waals surface area contributed by atoms with E-state index in [1.165, 1.54) is 31.4 Å². The highest BCUT2D eigenvalue weighted by Crippen LogP contribution is 2.26. The zero-order valence-corrected chi connectivity index (χ0v) is 11.2. The van der Waals surface area contributed by atoms with Gasteiger partial charge in [-0.3, -0.25) is 0 Å². The third-order valence-corrected chi connectivity index (χ3v) is 5.06. The Hall–Kier alpha value is -1.60. The molecular weight excluding hydrogens is 270 g/mol. The Labute approximate surface area is 111 Å². The number of nitrogens with zero attached hydrogens (tertiary/aromatic N) is 1. The van der Waals surface area contributed by atoms with Gasteiger partial charge in [0.15, 0.2) is 0 Å². The molecule has 1 aliphatic rings. The quantitative estimate of drug-likeness (QED) is 0.750. The molecule has 1 atom stereocenters. The fraction of sp³-hybridized carbons (Fsp3) is 0.417. The van der Waals surface area contributed by atoms with E-state index in [0.717, 1.165) is 4.31 Å². The highest BCUT2D eigenvalue weighted by molar-refractivity contribution is 7.89. The zero-order valence-electron chi connectivity index (χ0n) is 10.4. The lowest BCUT2D eigenvalue weighted by atomic mass is 10.2. The Morgan fingerprint density at radius 1 is 1.37 bits per heavy atom. The van der Waals surface area contributed by atoms with Crippen molar-refractivity contribution in [3.05, 3.63) is 24.3 Å². The minimum absolute atomic E-state index is 0.0569. The molecule has 0 saturated carbocycles. The van der Waals surface area contributed by atoms with Crippen LogP contribution < -0.4 is 9.84 Å². The summed E-state index contributed by atoms with van der Waals surface area (Å²) in [7, 11) is -2.32. The summed E-state index contributed by atoms with van der Waals surface area (Å²) in [6, 6.07) is 4.78. The van der Waals surface area contributed by atoms with E-state index in [2.05, 4.69) is 0 Å². The van der Waals surface area contributed by atoms with Crippen LogP contribution in [0, 0.1) is 0 Å². The first kappa shape index (κ1) is 13.8. The second-order valence-corrected chi connectivity index (χ2v) is 6.16. The maximum atomic E-state index is 12.3. The predicted molar refractivity (Wildman–Crippen MR) is 64.9 cm³/mol. The van der Waals surface area contributed by atoms with Crippen molar-refractivity contribution >= 4 is 16.0 Å². The smallest absolute Gasteiger partial charge is 0.243 e. The Kier molecular flexibility index (Phi) is 3.77. The van der Waals surface area contributed by atoms with Crippen LogP contribution in [0.1, 0.15) is 12.8 Å². The molecule has 0 spiro atoms. The van der Waals surface area contributed by atoms with Gasteiger partial charge in [0.2, 0.25) is 10.0 Å². The van der Waals surface area contributed by atoms with Crippen molar-refractivity contribution < 1.29 is 23.1 Å². The van der Waals surface area contributed by atoms with Crippen molar-refractivity contribution in [3.8, 4) is 5.75 Å². The zero-order chi connectivity index (χ0) is 14.0. The van der Waals surface area contributed by atoms with Gasteiger partial charge in [-0.15, -0.1) is 0 Å². The molecule has 0 aromatic heterocycles. The van der Waals surface area contributed by atoms with Crippen molar-refractivity contribution in [2.24, 2.45) is 0 Å². The molecule has 0 radical (unpaired) electrons. The molecular formula is C12H14NO5S-. The lowest BCUT2D eigenvalue weighted by molar-refractivity contribution is -0.309. The van der Waals surface area contributed by atoms with Gasteiger partial charge in [-0.25, -0.2) is 8.42 Å². The molecule has 19 heavy (non-hydrogen) atoms. The summed E-state index contributed by atoms with van der Waals surface area (Å²) >= 11 is 0.